The molecule has 234 valence electrons. The van der Waals surface area contributed by atoms with Crippen LogP contribution in [0, 0.1) is 6.92 Å². The molecule has 0 unspecified atom stereocenters. The molecule has 1 aromatic heterocycles. The van der Waals surface area contributed by atoms with Crippen LogP contribution in [0.4, 0.5) is 16.2 Å². The van der Waals surface area contributed by atoms with Crippen LogP contribution in [0.5, 0.6) is 0 Å². The summed E-state index contributed by atoms with van der Waals surface area (Å²) in [7, 11) is 0. The van der Waals surface area contributed by atoms with Crippen molar-refractivity contribution in [2.45, 2.75) is 91.0 Å². The summed E-state index contributed by atoms with van der Waals surface area (Å²) in [4.78, 5) is 49.9. The number of piperidine rings is 1. The van der Waals surface area contributed by atoms with Gasteiger partial charge in [0.25, 0.3) is 11.5 Å². The normalized spacial score (nSPS) is 21.0. The van der Waals surface area contributed by atoms with Crippen LogP contribution in [0.2, 0.25) is 0 Å². The smallest absolute Gasteiger partial charge is 0.410 e. The van der Waals surface area contributed by atoms with Crippen LogP contribution < -0.4 is 16.6 Å². The van der Waals surface area contributed by atoms with Gasteiger partial charge in [-0.3, -0.25) is 9.59 Å². The number of benzene rings is 1. The Hall–Kier alpha value is -3.86. The van der Waals surface area contributed by atoms with Crippen molar-refractivity contribution in [3.63, 3.8) is 0 Å². The highest BCUT2D eigenvalue weighted by atomic mass is 16.6. The van der Waals surface area contributed by atoms with Crippen LogP contribution in [-0.4, -0.2) is 82.1 Å². The van der Waals surface area contributed by atoms with Gasteiger partial charge in [0.2, 0.25) is 0 Å². The number of hydrogen-bond donors (Lipinski definition) is 3. The monoisotopic (exact) mass is 594 g/mol. The molecular formula is C32H46N6O5. The number of pyridine rings is 1. The van der Waals surface area contributed by atoms with E-state index in [-0.39, 0.29) is 46.6 Å². The number of amides is 2. The highest BCUT2D eigenvalue weighted by molar-refractivity contribution is 6.03. The van der Waals surface area contributed by atoms with Gasteiger partial charge in [-0.1, -0.05) is 6.92 Å². The number of morpholine rings is 1. The maximum atomic E-state index is 13.4. The number of aryl methyl sites for hydroxylation is 1. The minimum absolute atomic E-state index is 0.0179. The van der Waals surface area contributed by atoms with Crippen molar-refractivity contribution in [3.05, 3.63) is 57.5 Å². The quantitative estimate of drug-likeness (QED) is 0.329. The summed E-state index contributed by atoms with van der Waals surface area (Å²) in [5, 5.41) is 3.59. The first kappa shape index (κ1) is 32.1. The first-order valence-electron chi connectivity index (χ1n) is 15.1. The topological polar surface area (TPSA) is 142 Å². The van der Waals surface area contributed by atoms with Crippen LogP contribution in [0.3, 0.4) is 0 Å². The van der Waals surface area contributed by atoms with Gasteiger partial charge in [-0.05, 0) is 90.6 Å². The first-order chi connectivity index (χ1) is 20.2. The third-order valence-electron chi connectivity index (χ3n) is 8.26. The van der Waals surface area contributed by atoms with Gasteiger partial charge in [-0.25, -0.2) is 9.79 Å². The molecule has 0 bridgehead atoms. The molecule has 0 spiro atoms. The number of ether oxygens (including phenoxy) is 2. The second-order valence-electron chi connectivity index (χ2n) is 12.8. The van der Waals surface area contributed by atoms with Crippen molar-refractivity contribution in [2.24, 2.45) is 10.7 Å². The molecule has 11 heteroatoms. The average molecular weight is 595 g/mol. The fourth-order valence-corrected chi connectivity index (χ4v) is 5.83. The molecule has 2 atom stereocenters. The third kappa shape index (κ3) is 7.38. The number of nitrogens with zero attached hydrogens (tertiary/aromatic N) is 3. The van der Waals surface area contributed by atoms with Gasteiger partial charge in [0, 0.05) is 30.4 Å². The van der Waals surface area contributed by atoms with E-state index >= 15 is 0 Å². The van der Waals surface area contributed by atoms with E-state index < -0.39 is 5.60 Å². The van der Waals surface area contributed by atoms with Crippen molar-refractivity contribution >= 4 is 29.2 Å². The lowest BCUT2D eigenvalue weighted by Crippen LogP contribution is -2.52. The summed E-state index contributed by atoms with van der Waals surface area (Å²) < 4.78 is 11.1. The van der Waals surface area contributed by atoms with Gasteiger partial charge in [-0.15, -0.1) is 0 Å². The lowest BCUT2D eigenvalue weighted by atomic mass is 9.84. The molecule has 0 aliphatic carbocycles. The van der Waals surface area contributed by atoms with Crippen LogP contribution in [0.15, 0.2) is 40.2 Å². The summed E-state index contributed by atoms with van der Waals surface area (Å²) in [5.41, 5.74) is 7.96. The van der Waals surface area contributed by atoms with E-state index in [0.717, 1.165) is 12.0 Å². The molecule has 2 aliphatic heterocycles. The largest absolute Gasteiger partial charge is 0.444 e. The molecule has 1 aromatic carbocycles. The number of nitrogens with one attached hydrogen (secondary N) is 2. The summed E-state index contributed by atoms with van der Waals surface area (Å²) >= 11 is 0. The number of hydrogen-bond acceptors (Lipinski definition) is 7. The van der Waals surface area contributed by atoms with Gasteiger partial charge in [-0.2, -0.15) is 0 Å². The lowest BCUT2D eigenvalue weighted by molar-refractivity contribution is -0.0249. The number of carbonyl (C=O) groups excluding carboxylic acids is 2. The molecule has 4 N–H and O–H groups in total. The van der Waals surface area contributed by atoms with E-state index in [0.29, 0.717) is 56.1 Å². The second-order valence-corrected chi connectivity index (χ2v) is 12.8. The van der Waals surface area contributed by atoms with E-state index in [1.807, 2.05) is 46.4 Å². The van der Waals surface area contributed by atoms with E-state index in [1.165, 1.54) is 0 Å². The summed E-state index contributed by atoms with van der Waals surface area (Å²) in [5.74, 6) is 0.0218. The molecule has 2 saturated heterocycles. The highest BCUT2D eigenvalue weighted by Gasteiger charge is 2.37. The molecule has 2 fully saturated rings. The van der Waals surface area contributed by atoms with Crippen molar-refractivity contribution in [1.29, 1.82) is 0 Å². The fourth-order valence-electron chi connectivity index (χ4n) is 5.83. The molecule has 2 aliphatic rings. The van der Waals surface area contributed by atoms with Gasteiger partial charge in [0.1, 0.15) is 17.0 Å². The fraction of sp³-hybridized carbons (Fsp3) is 0.562. The van der Waals surface area contributed by atoms with Crippen LogP contribution in [0.1, 0.15) is 82.3 Å². The minimum Gasteiger partial charge on any atom is -0.444 e. The number of anilines is 1. The first-order valence-corrected chi connectivity index (χ1v) is 15.1. The van der Waals surface area contributed by atoms with E-state index in [2.05, 4.69) is 22.2 Å². The summed E-state index contributed by atoms with van der Waals surface area (Å²) in [6.45, 7) is 15.6. The Labute approximate surface area is 253 Å². The highest BCUT2D eigenvalue weighted by Crippen LogP contribution is 2.32. The Morgan fingerprint density at radius 2 is 1.81 bits per heavy atom. The zero-order chi connectivity index (χ0) is 31.5. The maximum Gasteiger partial charge on any atom is 0.410 e. The SMILES string of the molecule is CCC1(Nc2cc[nH]c(=O)c2C(N)=Nc2ccc(C(=O)N3[C@H](C)COC[C@H]3C)c(C)c2)CCN(C(=O)OC(C)(C)C)CC1. The molecule has 0 radical (unpaired) electrons. The lowest BCUT2D eigenvalue weighted by Gasteiger charge is -2.43. The number of H-pyrrole nitrogens is 1. The number of amidine groups is 1. The molecular weight excluding hydrogens is 548 g/mol. The van der Waals surface area contributed by atoms with Gasteiger partial charge in [0.15, 0.2) is 0 Å². The number of rotatable bonds is 6. The third-order valence-corrected chi connectivity index (χ3v) is 8.26. The number of aromatic amines is 1. The maximum absolute atomic E-state index is 13.4. The van der Waals surface area contributed by atoms with Crippen LogP contribution >= 0.6 is 0 Å². The molecule has 11 nitrogen and oxygen atoms in total. The van der Waals surface area contributed by atoms with Crippen molar-refractivity contribution in [2.75, 3.05) is 31.6 Å². The summed E-state index contributed by atoms with van der Waals surface area (Å²) in [6, 6.07) is 7.06. The molecule has 2 aromatic rings. The standard InChI is InChI=1S/C32H46N6O5/c1-8-32(12-15-37(16-13-32)30(41)43-31(5,6)7)36-25-11-14-34-28(39)26(25)27(33)35-23-9-10-24(20(2)17-23)29(40)38-21(3)18-42-19-22(38)4/h9-11,14,17,21-22H,8,12-13,15-16,18-19H2,1-7H3,(H2,33,35)(H2,34,36,39)/t21-,22-/m1/s1. The Morgan fingerprint density at radius 1 is 1.16 bits per heavy atom. The molecule has 3 heterocycles. The minimum atomic E-state index is -0.556. The van der Waals surface area contributed by atoms with Gasteiger partial charge < -0.3 is 35.3 Å². The van der Waals surface area contributed by atoms with Crippen LogP contribution in [0.25, 0.3) is 0 Å². The van der Waals surface area contributed by atoms with Crippen molar-refractivity contribution in [3.8, 4) is 0 Å². The number of likely N-dealkylation sites (tertiary alicyclic amines) is 1. The second kappa shape index (κ2) is 12.8. The number of nitrogens with two attached hydrogens (primary N) is 1. The Morgan fingerprint density at radius 3 is 2.40 bits per heavy atom. The molecule has 43 heavy (non-hydrogen) atoms. The number of carbonyl (C=O) groups is 2. The Bertz CT molecular complexity index is 1410. The predicted octanol–water partition coefficient (Wildman–Crippen LogP) is 4.56. The van der Waals surface area contributed by atoms with E-state index in [1.54, 1.807) is 35.4 Å². The Kier molecular flexibility index (Phi) is 9.54. The van der Waals surface area contributed by atoms with Gasteiger partial charge >= 0.3 is 6.09 Å². The molecule has 2 amide bonds. The molecule has 4 rings (SSSR count). The average Bonchev–Trinajstić information content (AvgIpc) is 2.92. The predicted molar refractivity (Wildman–Crippen MR) is 168 cm³/mol. The number of aromatic nitrogens is 1. The van der Waals surface area contributed by atoms with Crippen molar-refractivity contribution in [1.82, 2.24) is 14.8 Å². The molecule has 0 saturated carbocycles. The number of aliphatic imine (C=N–C) groups is 1. The zero-order valence-electron chi connectivity index (χ0n) is 26.5. The zero-order valence-corrected chi connectivity index (χ0v) is 26.5. The summed E-state index contributed by atoms with van der Waals surface area (Å²) in [6.07, 6.45) is 3.41. The Balaban J connectivity index is 1.54. The van der Waals surface area contributed by atoms with Crippen molar-refractivity contribution < 1.29 is 19.1 Å². The van der Waals surface area contributed by atoms with E-state index in [9.17, 15) is 14.4 Å². The van der Waals surface area contributed by atoms with Gasteiger partial charge in [0.05, 0.1) is 36.7 Å². The van der Waals surface area contributed by atoms with E-state index in [4.69, 9.17) is 15.2 Å². The van der Waals surface area contributed by atoms with Crippen LogP contribution in [-0.2, 0) is 9.47 Å².